The SMILES string of the molecule is O=P(O)(O)Oc1ccc(NI)cc1. The third-order valence-corrected chi connectivity index (χ3v) is 2.26. The van der Waals surface area contributed by atoms with E-state index in [9.17, 15) is 4.57 Å². The number of benzene rings is 1. The Morgan fingerprint density at radius 2 is 1.85 bits per heavy atom. The van der Waals surface area contributed by atoms with Crippen LogP contribution in [0.3, 0.4) is 0 Å². The van der Waals surface area contributed by atoms with Gasteiger partial charge in [0.15, 0.2) is 0 Å². The molecule has 0 aliphatic rings. The van der Waals surface area contributed by atoms with Crippen molar-refractivity contribution in [2.45, 2.75) is 0 Å². The molecule has 0 amide bonds. The van der Waals surface area contributed by atoms with Gasteiger partial charge in [0.05, 0.1) is 22.9 Å². The minimum atomic E-state index is -4.43. The molecule has 0 bridgehead atoms. The number of phosphoric ester groups is 1. The molecule has 0 saturated heterocycles. The van der Waals surface area contributed by atoms with Crippen LogP contribution in [0.25, 0.3) is 0 Å². The average Bonchev–Trinajstić information content (AvgIpc) is 2.03. The van der Waals surface area contributed by atoms with Gasteiger partial charge in [-0.15, -0.1) is 0 Å². The van der Waals surface area contributed by atoms with Gasteiger partial charge in [-0.2, -0.15) is 0 Å². The fourth-order valence-electron chi connectivity index (χ4n) is 0.716. The van der Waals surface area contributed by atoms with Crippen LogP contribution in [0, 0.1) is 0 Å². The van der Waals surface area contributed by atoms with Gasteiger partial charge in [-0.1, -0.05) is 0 Å². The van der Waals surface area contributed by atoms with Crippen LogP contribution in [0.2, 0.25) is 0 Å². The largest absolute Gasteiger partial charge is 0.524 e. The minimum Gasteiger partial charge on any atom is -0.404 e. The molecule has 0 saturated carbocycles. The summed E-state index contributed by atoms with van der Waals surface area (Å²) in [6.07, 6.45) is 0. The Labute approximate surface area is 88.9 Å². The highest BCUT2D eigenvalue weighted by Crippen LogP contribution is 2.37. The lowest BCUT2D eigenvalue weighted by Gasteiger charge is -2.06. The zero-order chi connectivity index (χ0) is 9.90. The van der Waals surface area contributed by atoms with E-state index in [1.54, 1.807) is 12.1 Å². The average molecular weight is 315 g/mol. The van der Waals surface area contributed by atoms with Crippen molar-refractivity contribution in [3.8, 4) is 5.75 Å². The van der Waals surface area contributed by atoms with Crippen LogP contribution in [-0.4, -0.2) is 9.79 Å². The van der Waals surface area contributed by atoms with E-state index >= 15 is 0 Å². The molecule has 0 fully saturated rings. The molecule has 0 heterocycles. The van der Waals surface area contributed by atoms with E-state index in [0.29, 0.717) is 0 Å². The molecule has 13 heavy (non-hydrogen) atoms. The van der Waals surface area contributed by atoms with Gasteiger partial charge in [-0.25, -0.2) is 4.57 Å². The van der Waals surface area contributed by atoms with E-state index < -0.39 is 7.82 Å². The molecule has 7 heteroatoms. The summed E-state index contributed by atoms with van der Waals surface area (Å²) in [6, 6.07) is 6.25. The van der Waals surface area contributed by atoms with Gasteiger partial charge in [-0.05, 0) is 24.3 Å². The van der Waals surface area contributed by atoms with Crippen molar-refractivity contribution < 1.29 is 18.9 Å². The van der Waals surface area contributed by atoms with E-state index in [0.717, 1.165) is 5.69 Å². The molecule has 3 N–H and O–H groups in total. The lowest BCUT2D eigenvalue weighted by atomic mass is 10.3. The van der Waals surface area contributed by atoms with Crippen LogP contribution >= 0.6 is 30.7 Å². The van der Waals surface area contributed by atoms with Crippen molar-refractivity contribution in [1.29, 1.82) is 0 Å². The van der Waals surface area contributed by atoms with Crippen molar-refractivity contribution in [3.63, 3.8) is 0 Å². The number of rotatable bonds is 3. The predicted octanol–water partition coefficient (Wildman–Crippen LogP) is 1.92. The standard InChI is InChI=1S/C6H7INO4P/c7-8-5-1-3-6(4-2-5)12-13(9,10)11/h1-4,8H,(H2,9,10,11). The van der Waals surface area contributed by atoms with Crippen molar-refractivity contribution in [2.75, 3.05) is 3.53 Å². The Balaban J connectivity index is 2.76. The van der Waals surface area contributed by atoms with Crippen molar-refractivity contribution in [1.82, 2.24) is 0 Å². The summed E-state index contributed by atoms with van der Waals surface area (Å²) in [4.78, 5) is 16.9. The summed E-state index contributed by atoms with van der Waals surface area (Å²) in [5.41, 5.74) is 0.832. The Morgan fingerprint density at radius 1 is 1.31 bits per heavy atom. The predicted molar refractivity (Wildman–Crippen MR) is 56.8 cm³/mol. The maximum Gasteiger partial charge on any atom is 0.524 e. The van der Waals surface area contributed by atoms with Crippen LogP contribution < -0.4 is 8.05 Å². The minimum absolute atomic E-state index is 0.142. The molecule has 5 nitrogen and oxygen atoms in total. The summed E-state index contributed by atoms with van der Waals surface area (Å²) >= 11 is 1.95. The zero-order valence-electron chi connectivity index (χ0n) is 6.35. The second-order valence-corrected chi connectivity index (χ2v) is 3.90. The van der Waals surface area contributed by atoms with E-state index in [1.165, 1.54) is 12.1 Å². The molecule has 0 aliphatic heterocycles. The Bertz CT molecular complexity index is 322. The second kappa shape index (κ2) is 4.28. The van der Waals surface area contributed by atoms with E-state index in [2.05, 4.69) is 8.05 Å². The fraction of sp³-hybridized carbons (Fsp3) is 0. The topological polar surface area (TPSA) is 78.8 Å². The van der Waals surface area contributed by atoms with Gasteiger partial charge >= 0.3 is 7.82 Å². The number of hydrogen-bond donors (Lipinski definition) is 3. The van der Waals surface area contributed by atoms with Gasteiger partial charge in [0, 0.05) is 5.69 Å². The highest BCUT2D eigenvalue weighted by Gasteiger charge is 2.15. The summed E-state index contributed by atoms with van der Waals surface area (Å²) in [5.74, 6) is 0.142. The van der Waals surface area contributed by atoms with Gasteiger partial charge in [0.1, 0.15) is 5.75 Å². The van der Waals surface area contributed by atoms with Crippen LogP contribution in [-0.2, 0) is 4.57 Å². The molecule has 1 aromatic rings. The Hall–Kier alpha value is -0.300. The molecule has 0 unspecified atom stereocenters. The first-order valence-corrected chi connectivity index (χ1v) is 5.84. The summed E-state index contributed by atoms with van der Waals surface area (Å²) in [5, 5.41) is 0. The van der Waals surface area contributed by atoms with Crippen LogP contribution in [0.5, 0.6) is 5.75 Å². The number of halogens is 1. The van der Waals surface area contributed by atoms with Gasteiger partial charge in [0.25, 0.3) is 0 Å². The molecular formula is C6H7INO4P. The van der Waals surface area contributed by atoms with Crippen LogP contribution in [0.4, 0.5) is 5.69 Å². The first kappa shape index (κ1) is 10.8. The van der Waals surface area contributed by atoms with Gasteiger partial charge in [0.2, 0.25) is 0 Å². The zero-order valence-corrected chi connectivity index (χ0v) is 9.40. The molecule has 0 aromatic heterocycles. The maximum atomic E-state index is 10.4. The van der Waals surface area contributed by atoms with Crippen molar-refractivity contribution in [2.24, 2.45) is 0 Å². The monoisotopic (exact) mass is 315 g/mol. The number of phosphoric acid groups is 1. The molecule has 1 rings (SSSR count). The van der Waals surface area contributed by atoms with Gasteiger partial charge < -0.3 is 8.05 Å². The number of hydrogen-bond acceptors (Lipinski definition) is 3. The Morgan fingerprint density at radius 3 is 2.23 bits per heavy atom. The third-order valence-electron chi connectivity index (χ3n) is 1.19. The van der Waals surface area contributed by atoms with Crippen LogP contribution in [0.15, 0.2) is 24.3 Å². The molecule has 72 valence electrons. The van der Waals surface area contributed by atoms with E-state index in [4.69, 9.17) is 9.79 Å². The normalized spacial score (nSPS) is 11.0. The smallest absolute Gasteiger partial charge is 0.404 e. The first-order chi connectivity index (χ1) is 6.01. The summed E-state index contributed by atoms with van der Waals surface area (Å²) < 4.78 is 17.6. The highest BCUT2D eigenvalue weighted by molar-refractivity contribution is 14.1. The maximum absolute atomic E-state index is 10.4. The van der Waals surface area contributed by atoms with Crippen LogP contribution in [0.1, 0.15) is 0 Å². The fourth-order valence-corrected chi connectivity index (χ4v) is 1.47. The molecule has 0 spiro atoms. The lowest BCUT2D eigenvalue weighted by molar-refractivity contribution is 0.283. The quantitative estimate of drug-likeness (QED) is 0.451. The highest BCUT2D eigenvalue weighted by atomic mass is 127. The van der Waals surface area contributed by atoms with Crippen molar-refractivity contribution in [3.05, 3.63) is 24.3 Å². The number of anilines is 1. The number of nitrogens with one attached hydrogen (secondary N) is 1. The Kier molecular flexibility index (Phi) is 3.55. The van der Waals surface area contributed by atoms with E-state index in [1.807, 2.05) is 22.9 Å². The molecule has 0 aliphatic carbocycles. The van der Waals surface area contributed by atoms with Crippen molar-refractivity contribution >= 4 is 36.4 Å². The third kappa shape index (κ3) is 3.95. The first-order valence-electron chi connectivity index (χ1n) is 3.23. The summed E-state index contributed by atoms with van der Waals surface area (Å²) in [6.45, 7) is 0. The summed E-state index contributed by atoms with van der Waals surface area (Å²) in [7, 11) is -4.43. The molecular weight excluding hydrogens is 308 g/mol. The molecule has 1 aromatic carbocycles. The van der Waals surface area contributed by atoms with Gasteiger partial charge in [-0.3, -0.25) is 9.79 Å². The molecule has 0 atom stereocenters. The van der Waals surface area contributed by atoms with E-state index in [-0.39, 0.29) is 5.75 Å². The second-order valence-electron chi connectivity index (χ2n) is 2.20. The lowest BCUT2D eigenvalue weighted by Crippen LogP contribution is -1.89. The molecule has 0 radical (unpaired) electrons.